The molecule has 10 heteroatoms. The Bertz CT molecular complexity index is 269. The van der Waals surface area contributed by atoms with Gasteiger partial charge in [-0.25, -0.2) is 0 Å². The first-order valence-electron chi connectivity index (χ1n) is 1.72. The van der Waals surface area contributed by atoms with Crippen LogP contribution in [0.15, 0.2) is 0 Å². The van der Waals surface area contributed by atoms with Crippen LogP contribution in [0.4, 0.5) is 0 Å². The molecule has 0 aromatic rings. The summed E-state index contributed by atoms with van der Waals surface area (Å²) in [7, 11) is -9.42. The molecule has 0 aromatic heterocycles. The Labute approximate surface area is 120 Å². The molecule has 0 rings (SSSR count). The summed E-state index contributed by atoms with van der Waals surface area (Å²) in [6, 6.07) is 0. The summed E-state index contributed by atoms with van der Waals surface area (Å²) in [6.45, 7) is 0. The van der Waals surface area contributed by atoms with Crippen LogP contribution < -0.4 is 51.4 Å². The molecule has 0 radical (unpaired) electrons. The van der Waals surface area contributed by atoms with E-state index in [1.807, 2.05) is 0 Å². The van der Waals surface area contributed by atoms with Crippen LogP contribution in [0.5, 0.6) is 0 Å². The van der Waals surface area contributed by atoms with E-state index in [4.69, 9.17) is 9.11 Å². The Morgan fingerprint density at radius 1 is 1.00 bits per heavy atom. The SMILES string of the molecule is O=S(=O)(O)C(I)S(=O)(=O)O.[K+]. The molecule has 0 aliphatic carbocycles. The smallest absolute Gasteiger partial charge is 0.284 e. The quantitative estimate of drug-likeness (QED) is 0.233. The maximum atomic E-state index is 9.99. The van der Waals surface area contributed by atoms with E-state index < -0.39 is 22.8 Å². The van der Waals surface area contributed by atoms with E-state index in [0.717, 1.165) is 22.6 Å². The second-order valence-corrected chi connectivity index (χ2v) is 7.54. The van der Waals surface area contributed by atoms with Gasteiger partial charge in [-0.1, -0.05) is 0 Å². The Kier molecular flexibility index (Phi) is 7.34. The fraction of sp³-hybridized carbons (Fsp3) is 1.00. The monoisotopic (exact) mass is 341 g/mol. The predicted octanol–water partition coefficient (Wildman–Crippen LogP) is -3.52. The molecule has 0 aromatic carbocycles. The maximum Gasteiger partial charge on any atom is 1.00 e. The molecule has 62 valence electrons. The van der Waals surface area contributed by atoms with Gasteiger partial charge in [0.25, 0.3) is 22.8 Å². The third-order valence-corrected chi connectivity index (χ3v) is 6.72. The van der Waals surface area contributed by atoms with Gasteiger partial charge in [-0.05, 0) is 22.6 Å². The minimum atomic E-state index is -4.71. The largest absolute Gasteiger partial charge is 1.00 e. The number of rotatable bonds is 2. The van der Waals surface area contributed by atoms with Crippen molar-refractivity contribution in [1.29, 1.82) is 0 Å². The third kappa shape index (κ3) is 6.28. The first kappa shape index (κ1) is 15.6. The van der Waals surface area contributed by atoms with Gasteiger partial charge in [-0.2, -0.15) is 16.8 Å². The second-order valence-electron chi connectivity index (χ2n) is 1.30. The molecule has 0 amide bonds. The van der Waals surface area contributed by atoms with Gasteiger partial charge in [0.15, 0.2) is 0 Å². The Hall–Kier alpha value is 2.19. The summed E-state index contributed by atoms with van der Waals surface area (Å²) >= 11 is 0.879. The van der Waals surface area contributed by atoms with Gasteiger partial charge < -0.3 is 0 Å². The van der Waals surface area contributed by atoms with Crippen molar-refractivity contribution < 1.29 is 77.3 Å². The van der Waals surface area contributed by atoms with Crippen molar-refractivity contribution >= 4 is 42.8 Å². The van der Waals surface area contributed by atoms with Crippen LogP contribution in [0.2, 0.25) is 0 Å². The number of alkyl halides is 1. The van der Waals surface area contributed by atoms with E-state index in [2.05, 4.69) is 0 Å². The molecule has 0 aliphatic heterocycles. The van der Waals surface area contributed by atoms with E-state index in [0.29, 0.717) is 0 Å². The van der Waals surface area contributed by atoms with Gasteiger partial charge >= 0.3 is 51.4 Å². The van der Waals surface area contributed by atoms with Crippen LogP contribution in [0, 0.1) is 0 Å². The standard InChI is InChI=1S/CH3IO6S2.K/c2-1(9(3,4)5)10(6,7)8;/h1H,(H,3,4,5)(H,6,7,8);/q;+1. The molecule has 0 spiro atoms. The Morgan fingerprint density at radius 2 is 1.18 bits per heavy atom. The van der Waals surface area contributed by atoms with Gasteiger partial charge in [-0.3, -0.25) is 9.11 Å². The van der Waals surface area contributed by atoms with Gasteiger partial charge in [-0.15, -0.1) is 0 Å². The molecular weight excluding hydrogens is 338 g/mol. The van der Waals surface area contributed by atoms with Crippen molar-refractivity contribution in [3.8, 4) is 0 Å². The molecular formula is CH3IKO6S2+. The molecule has 0 saturated carbocycles. The Balaban J connectivity index is 0. The van der Waals surface area contributed by atoms with Crippen LogP contribution in [-0.2, 0) is 20.2 Å². The summed E-state index contributed by atoms with van der Waals surface area (Å²) < 4.78 is 53.8. The van der Waals surface area contributed by atoms with E-state index in [1.54, 1.807) is 0 Å². The third-order valence-electron chi connectivity index (χ3n) is 0.468. The predicted molar refractivity (Wildman–Crippen MR) is 40.9 cm³/mol. The summed E-state index contributed by atoms with van der Waals surface area (Å²) in [5, 5.41) is 0. The minimum Gasteiger partial charge on any atom is -0.284 e. The molecule has 0 heterocycles. The number of hydrogen-bond acceptors (Lipinski definition) is 4. The van der Waals surface area contributed by atoms with Crippen LogP contribution in [0.25, 0.3) is 0 Å². The first-order chi connectivity index (χ1) is 4.15. The average molecular weight is 341 g/mol. The minimum absolute atomic E-state index is 0. The fourth-order valence-corrected chi connectivity index (χ4v) is 1.38. The van der Waals surface area contributed by atoms with Crippen molar-refractivity contribution in [3.05, 3.63) is 0 Å². The molecule has 6 nitrogen and oxygen atoms in total. The average Bonchev–Trinajstić information content (AvgIpc) is 1.59. The van der Waals surface area contributed by atoms with Crippen LogP contribution in [0.1, 0.15) is 0 Å². The summed E-state index contributed by atoms with van der Waals surface area (Å²) in [4.78, 5) is 0. The van der Waals surface area contributed by atoms with Crippen molar-refractivity contribution in [1.82, 2.24) is 0 Å². The molecule has 0 bridgehead atoms. The summed E-state index contributed by atoms with van der Waals surface area (Å²) in [5.41, 5.74) is 0. The molecule has 0 unspecified atom stereocenters. The first-order valence-corrected chi connectivity index (χ1v) is 5.97. The van der Waals surface area contributed by atoms with Gasteiger partial charge in [0.05, 0.1) is 0 Å². The van der Waals surface area contributed by atoms with Crippen molar-refractivity contribution in [3.63, 3.8) is 0 Å². The van der Waals surface area contributed by atoms with Crippen molar-refractivity contribution in [2.24, 2.45) is 0 Å². The zero-order valence-electron chi connectivity index (χ0n) is 5.30. The van der Waals surface area contributed by atoms with E-state index >= 15 is 0 Å². The van der Waals surface area contributed by atoms with E-state index in [1.165, 1.54) is 0 Å². The number of halogens is 1. The Morgan fingerprint density at radius 3 is 1.18 bits per heavy atom. The fourth-order valence-electron chi connectivity index (χ4n) is 0.154. The van der Waals surface area contributed by atoms with E-state index in [-0.39, 0.29) is 51.4 Å². The van der Waals surface area contributed by atoms with Crippen LogP contribution >= 0.6 is 22.6 Å². The number of hydrogen-bond donors (Lipinski definition) is 2. The van der Waals surface area contributed by atoms with Gasteiger partial charge in [0, 0.05) is 0 Å². The van der Waals surface area contributed by atoms with Crippen molar-refractivity contribution in [2.75, 3.05) is 0 Å². The zero-order valence-corrected chi connectivity index (χ0v) is 12.2. The molecule has 0 aliphatic rings. The molecule has 0 saturated heterocycles. The van der Waals surface area contributed by atoms with Crippen molar-refractivity contribution in [2.45, 2.75) is 2.59 Å². The topological polar surface area (TPSA) is 109 Å². The molecule has 11 heavy (non-hydrogen) atoms. The normalized spacial score (nSPS) is 12.7. The summed E-state index contributed by atoms with van der Waals surface area (Å²) in [6.07, 6.45) is 0. The van der Waals surface area contributed by atoms with Crippen LogP contribution in [-0.4, -0.2) is 28.5 Å². The van der Waals surface area contributed by atoms with Gasteiger partial charge in [0.1, 0.15) is 0 Å². The zero-order chi connectivity index (χ0) is 8.58. The van der Waals surface area contributed by atoms with E-state index in [9.17, 15) is 16.8 Å². The second kappa shape index (κ2) is 5.16. The summed E-state index contributed by atoms with van der Waals surface area (Å²) in [5.74, 6) is 0. The maximum absolute atomic E-state index is 9.99. The van der Waals surface area contributed by atoms with Crippen LogP contribution in [0.3, 0.4) is 0 Å². The molecule has 0 fully saturated rings. The van der Waals surface area contributed by atoms with Gasteiger partial charge in [0.2, 0.25) is 0 Å². The molecule has 0 atom stereocenters. The molecule has 2 N–H and O–H groups in total.